The van der Waals surface area contributed by atoms with Crippen LogP contribution in [0.5, 0.6) is 5.75 Å². The number of piperidine rings is 1. The van der Waals surface area contributed by atoms with Gasteiger partial charge in [0.05, 0.1) is 13.1 Å². The Morgan fingerprint density at radius 3 is 2.57 bits per heavy atom. The Morgan fingerprint density at radius 1 is 1.24 bits per heavy atom. The van der Waals surface area contributed by atoms with Crippen molar-refractivity contribution in [2.45, 2.75) is 31.8 Å². The molecule has 0 radical (unpaired) electrons. The van der Waals surface area contributed by atoms with Crippen LogP contribution in [0.25, 0.3) is 0 Å². The maximum atomic E-state index is 9.34. The second-order valence-electron chi connectivity index (χ2n) is 5.45. The zero-order valence-corrected chi connectivity index (χ0v) is 11.9. The van der Waals surface area contributed by atoms with Gasteiger partial charge in [-0.05, 0) is 49.5 Å². The quantitative estimate of drug-likeness (QED) is 0.888. The lowest BCUT2D eigenvalue weighted by atomic mass is 9.89. The molecular formula is C15H20N4O2. The molecule has 0 atom stereocenters. The van der Waals surface area contributed by atoms with E-state index in [1.807, 2.05) is 12.1 Å². The smallest absolute Gasteiger partial charge is 0.240 e. The molecule has 0 spiro atoms. The van der Waals surface area contributed by atoms with E-state index in [0.29, 0.717) is 29.9 Å². The average Bonchev–Trinajstić information content (AvgIpc) is 2.97. The number of phenolic OH excluding ortho intramolecular Hbond substituents is 1. The minimum Gasteiger partial charge on any atom is -0.508 e. The number of likely N-dealkylation sites (tertiary alicyclic amines) is 1. The van der Waals surface area contributed by atoms with Gasteiger partial charge in [0, 0.05) is 0 Å². The standard InChI is InChI=1S/C15H20N4O2/c16-9-15-17-14(18-21-15)10-19-7-5-12(6-8-19)11-1-3-13(20)4-2-11/h1-4,12,20H,5-10,16H2. The Bertz CT molecular complexity index is 574. The van der Waals surface area contributed by atoms with Gasteiger partial charge in [0.2, 0.25) is 5.89 Å². The van der Waals surface area contributed by atoms with Crippen molar-refractivity contribution in [2.24, 2.45) is 5.73 Å². The SMILES string of the molecule is NCc1nc(CN2CCC(c3ccc(O)cc3)CC2)no1. The van der Waals surface area contributed by atoms with E-state index in [2.05, 4.69) is 15.0 Å². The molecule has 1 aliphatic heterocycles. The third-order valence-electron chi connectivity index (χ3n) is 4.00. The normalized spacial score (nSPS) is 17.2. The zero-order chi connectivity index (χ0) is 14.7. The summed E-state index contributed by atoms with van der Waals surface area (Å²) in [5.74, 6) is 2.08. The number of benzene rings is 1. The predicted molar refractivity (Wildman–Crippen MR) is 77.5 cm³/mol. The van der Waals surface area contributed by atoms with E-state index in [1.165, 1.54) is 5.56 Å². The van der Waals surface area contributed by atoms with Crippen molar-refractivity contribution in [2.75, 3.05) is 13.1 Å². The number of rotatable bonds is 4. The summed E-state index contributed by atoms with van der Waals surface area (Å²) in [6, 6.07) is 7.55. The largest absolute Gasteiger partial charge is 0.508 e. The van der Waals surface area contributed by atoms with Gasteiger partial charge in [0.1, 0.15) is 5.75 Å². The summed E-state index contributed by atoms with van der Waals surface area (Å²) in [7, 11) is 0. The molecule has 21 heavy (non-hydrogen) atoms. The van der Waals surface area contributed by atoms with Gasteiger partial charge in [0.15, 0.2) is 5.82 Å². The highest BCUT2D eigenvalue weighted by Gasteiger charge is 2.21. The Hall–Kier alpha value is -1.92. The van der Waals surface area contributed by atoms with Crippen LogP contribution in [0.3, 0.4) is 0 Å². The fourth-order valence-electron chi connectivity index (χ4n) is 2.81. The molecule has 6 heteroatoms. The van der Waals surface area contributed by atoms with Crippen LogP contribution in [0.4, 0.5) is 0 Å². The van der Waals surface area contributed by atoms with E-state index in [9.17, 15) is 5.11 Å². The molecular weight excluding hydrogens is 268 g/mol. The molecule has 112 valence electrons. The highest BCUT2D eigenvalue weighted by molar-refractivity contribution is 5.28. The van der Waals surface area contributed by atoms with Gasteiger partial charge in [-0.3, -0.25) is 4.90 Å². The molecule has 3 N–H and O–H groups in total. The van der Waals surface area contributed by atoms with Crippen LogP contribution in [0.2, 0.25) is 0 Å². The second-order valence-corrected chi connectivity index (χ2v) is 5.45. The maximum Gasteiger partial charge on any atom is 0.240 e. The fraction of sp³-hybridized carbons (Fsp3) is 0.467. The van der Waals surface area contributed by atoms with Crippen molar-refractivity contribution >= 4 is 0 Å². The molecule has 2 aromatic rings. The Morgan fingerprint density at radius 2 is 1.95 bits per heavy atom. The molecule has 0 unspecified atom stereocenters. The molecule has 1 saturated heterocycles. The summed E-state index contributed by atoms with van der Waals surface area (Å²) in [6.07, 6.45) is 2.21. The van der Waals surface area contributed by atoms with Gasteiger partial charge < -0.3 is 15.4 Å². The first-order valence-corrected chi connectivity index (χ1v) is 7.27. The number of nitrogens with two attached hydrogens (primary N) is 1. The minimum atomic E-state index is 0.288. The second kappa shape index (κ2) is 6.24. The summed E-state index contributed by atoms with van der Waals surface area (Å²) in [6.45, 7) is 3.03. The number of aromatic hydroxyl groups is 1. The van der Waals surface area contributed by atoms with E-state index < -0.39 is 0 Å². The van der Waals surface area contributed by atoms with Crippen LogP contribution in [0.15, 0.2) is 28.8 Å². The molecule has 0 aliphatic carbocycles. The van der Waals surface area contributed by atoms with Gasteiger partial charge >= 0.3 is 0 Å². The first-order valence-electron chi connectivity index (χ1n) is 7.27. The summed E-state index contributed by atoms with van der Waals surface area (Å²) in [5, 5.41) is 13.3. The summed E-state index contributed by atoms with van der Waals surface area (Å²) >= 11 is 0. The first kappa shape index (κ1) is 14.0. The van der Waals surface area contributed by atoms with Crippen LogP contribution in [-0.2, 0) is 13.1 Å². The molecule has 1 aromatic carbocycles. The van der Waals surface area contributed by atoms with Crippen molar-refractivity contribution in [1.29, 1.82) is 0 Å². The molecule has 0 saturated carbocycles. The van der Waals surface area contributed by atoms with Crippen molar-refractivity contribution in [1.82, 2.24) is 15.0 Å². The molecule has 0 bridgehead atoms. The lowest BCUT2D eigenvalue weighted by Gasteiger charge is -2.31. The number of phenols is 1. The summed E-state index contributed by atoms with van der Waals surface area (Å²) in [4.78, 5) is 6.57. The van der Waals surface area contributed by atoms with Crippen LogP contribution >= 0.6 is 0 Å². The highest BCUT2D eigenvalue weighted by atomic mass is 16.5. The molecule has 1 fully saturated rings. The Labute approximate surface area is 123 Å². The van der Waals surface area contributed by atoms with E-state index in [1.54, 1.807) is 12.1 Å². The van der Waals surface area contributed by atoms with Crippen LogP contribution in [0.1, 0.15) is 36.0 Å². The number of aromatic nitrogens is 2. The third-order valence-corrected chi connectivity index (χ3v) is 4.00. The van der Waals surface area contributed by atoms with Crippen molar-refractivity contribution in [3.8, 4) is 5.75 Å². The van der Waals surface area contributed by atoms with Gasteiger partial charge in [0.25, 0.3) is 0 Å². The minimum absolute atomic E-state index is 0.288. The predicted octanol–water partition coefficient (Wildman–Crippen LogP) is 1.61. The molecule has 2 heterocycles. The molecule has 1 aromatic heterocycles. The van der Waals surface area contributed by atoms with Crippen molar-refractivity contribution < 1.29 is 9.63 Å². The van der Waals surface area contributed by atoms with Gasteiger partial charge in [-0.25, -0.2) is 0 Å². The van der Waals surface area contributed by atoms with E-state index in [-0.39, 0.29) is 6.54 Å². The third kappa shape index (κ3) is 3.40. The Kier molecular flexibility index (Phi) is 4.17. The van der Waals surface area contributed by atoms with Crippen LogP contribution < -0.4 is 5.73 Å². The molecule has 1 aliphatic rings. The number of hydrogen-bond donors (Lipinski definition) is 2. The highest BCUT2D eigenvalue weighted by Crippen LogP contribution is 2.29. The van der Waals surface area contributed by atoms with Gasteiger partial charge in [-0.2, -0.15) is 4.98 Å². The molecule has 3 rings (SSSR count). The lowest BCUT2D eigenvalue weighted by molar-refractivity contribution is 0.198. The van der Waals surface area contributed by atoms with Crippen LogP contribution in [0, 0.1) is 0 Å². The van der Waals surface area contributed by atoms with E-state index in [0.717, 1.165) is 25.9 Å². The molecule has 0 amide bonds. The first-order chi connectivity index (χ1) is 10.2. The van der Waals surface area contributed by atoms with E-state index >= 15 is 0 Å². The lowest BCUT2D eigenvalue weighted by Crippen LogP contribution is -2.32. The van der Waals surface area contributed by atoms with Gasteiger partial charge in [-0.1, -0.05) is 17.3 Å². The fourth-order valence-corrected chi connectivity index (χ4v) is 2.81. The summed E-state index contributed by atoms with van der Waals surface area (Å²) in [5.41, 5.74) is 6.77. The average molecular weight is 288 g/mol. The number of nitrogens with zero attached hydrogens (tertiary/aromatic N) is 3. The maximum absolute atomic E-state index is 9.34. The topological polar surface area (TPSA) is 88.4 Å². The number of hydrogen-bond acceptors (Lipinski definition) is 6. The van der Waals surface area contributed by atoms with Gasteiger partial charge in [-0.15, -0.1) is 0 Å². The molecule has 6 nitrogen and oxygen atoms in total. The summed E-state index contributed by atoms with van der Waals surface area (Å²) < 4.78 is 5.02. The zero-order valence-electron chi connectivity index (χ0n) is 11.9. The van der Waals surface area contributed by atoms with E-state index in [4.69, 9.17) is 10.3 Å². The monoisotopic (exact) mass is 288 g/mol. The Balaban J connectivity index is 1.54. The van der Waals surface area contributed by atoms with Crippen molar-refractivity contribution in [3.05, 3.63) is 41.5 Å². The van der Waals surface area contributed by atoms with Crippen LogP contribution in [-0.4, -0.2) is 33.2 Å². The van der Waals surface area contributed by atoms with Crippen molar-refractivity contribution in [3.63, 3.8) is 0 Å².